The molecule has 0 radical (unpaired) electrons. The summed E-state index contributed by atoms with van der Waals surface area (Å²) < 4.78 is 14.3. The number of aromatic nitrogens is 3. The van der Waals surface area contributed by atoms with E-state index in [0.717, 1.165) is 26.2 Å². The summed E-state index contributed by atoms with van der Waals surface area (Å²) >= 11 is 10.3. The van der Waals surface area contributed by atoms with Gasteiger partial charge in [-0.1, -0.05) is 11.6 Å². The van der Waals surface area contributed by atoms with Gasteiger partial charge in [-0.25, -0.2) is 9.37 Å². The molecule has 0 saturated carbocycles. The van der Waals surface area contributed by atoms with Crippen molar-refractivity contribution in [2.24, 2.45) is 0 Å². The topological polar surface area (TPSA) is 95.1 Å². The fraction of sp³-hybridized carbons (Fsp3) is 0.273. The Morgan fingerprint density at radius 3 is 2.82 bits per heavy atom. The molecular weight excluding hydrogens is 465 g/mol. The minimum atomic E-state index is -0.457. The van der Waals surface area contributed by atoms with E-state index in [9.17, 15) is 9.18 Å². The van der Waals surface area contributed by atoms with Crippen LogP contribution in [-0.2, 0) is 4.79 Å². The summed E-state index contributed by atoms with van der Waals surface area (Å²) in [6.45, 7) is 4.48. The maximum Gasteiger partial charge on any atom is 0.226 e. The third kappa shape index (κ3) is 6.38. The van der Waals surface area contributed by atoms with Crippen molar-refractivity contribution < 1.29 is 9.18 Å². The molecule has 3 aromatic rings. The number of carbonyl (C=O) groups excluding carboxylic acids is 1. The van der Waals surface area contributed by atoms with E-state index in [1.807, 2.05) is 0 Å². The summed E-state index contributed by atoms with van der Waals surface area (Å²) in [6.07, 6.45) is 1.97. The summed E-state index contributed by atoms with van der Waals surface area (Å²) in [4.78, 5) is 18.8. The summed E-state index contributed by atoms with van der Waals surface area (Å²) in [7, 11) is 0. The SMILES string of the molecule is O=C(CCN1CCNCC1)Nc1cc(Nc2cc(-c3cc(Cl)ccc3F)nnc2S)ccn1. The lowest BCUT2D eigenvalue weighted by molar-refractivity contribution is -0.116. The first-order valence-electron chi connectivity index (χ1n) is 10.5. The Morgan fingerprint density at radius 2 is 2.00 bits per heavy atom. The van der Waals surface area contributed by atoms with Crippen LogP contribution in [0.2, 0.25) is 5.02 Å². The number of anilines is 3. The number of rotatable bonds is 7. The van der Waals surface area contributed by atoms with E-state index in [4.69, 9.17) is 11.6 Å². The van der Waals surface area contributed by atoms with Gasteiger partial charge < -0.3 is 20.9 Å². The van der Waals surface area contributed by atoms with E-state index in [2.05, 4.69) is 48.7 Å². The molecule has 0 atom stereocenters. The van der Waals surface area contributed by atoms with Gasteiger partial charge in [0.1, 0.15) is 16.7 Å². The highest BCUT2D eigenvalue weighted by Gasteiger charge is 2.13. The van der Waals surface area contributed by atoms with Gasteiger partial charge in [-0.2, -0.15) is 0 Å². The van der Waals surface area contributed by atoms with Crippen LogP contribution in [0.1, 0.15) is 6.42 Å². The average Bonchev–Trinajstić information content (AvgIpc) is 2.82. The second-order valence-electron chi connectivity index (χ2n) is 7.54. The van der Waals surface area contributed by atoms with Crippen LogP contribution in [0, 0.1) is 5.82 Å². The molecule has 3 heterocycles. The van der Waals surface area contributed by atoms with Crippen LogP contribution in [0.4, 0.5) is 21.6 Å². The molecular formula is C22H23ClFN7OS. The number of halogens is 2. The molecule has 4 rings (SSSR count). The Labute approximate surface area is 201 Å². The summed E-state index contributed by atoms with van der Waals surface area (Å²) in [5.74, 6) is -0.132. The molecule has 0 spiro atoms. The zero-order valence-corrected chi connectivity index (χ0v) is 19.3. The van der Waals surface area contributed by atoms with Crippen LogP contribution in [0.25, 0.3) is 11.3 Å². The van der Waals surface area contributed by atoms with Crippen LogP contribution in [-0.4, -0.2) is 58.7 Å². The number of amides is 1. The zero-order chi connectivity index (χ0) is 23.2. The van der Waals surface area contributed by atoms with E-state index in [1.54, 1.807) is 24.4 Å². The normalized spacial score (nSPS) is 14.2. The predicted octanol–water partition coefficient (Wildman–Crippen LogP) is 3.60. The predicted molar refractivity (Wildman–Crippen MR) is 130 cm³/mol. The summed E-state index contributed by atoms with van der Waals surface area (Å²) in [6, 6.07) is 9.32. The molecule has 1 fully saturated rings. The molecule has 1 aliphatic heterocycles. The van der Waals surface area contributed by atoms with Gasteiger partial charge in [0.2, 0.25) is 5.91 Å². The number of nitrogens with one attached hydrogen (secondary N) is 3. The smallest absolute Gasteiger partial charge is 0.226 e. The van der Waals surface area contributed by atoms with Gasteiger partial charge in [0.05, 0.1) is 11.4 Å². The van der Waals surface area contributed by atoms with Crippen molar-refractivity contribution in [2.45, 2.75) is 11.4 Å². The standard InChI is InChI=1S/C22H23ClFN7OS/c23-14-1-2-17(24)16(11-14)18-13-19(22(33)30-29-18)27-15-3-5-26-20(12-15)28-21(32)4-8-31-9-6-25-7-10-31/h1-3,5,11-13,25H,4,6-10H2,(H,30,33)(H2,26,27,28,29,32). The Kier molecular flexibility index (Phi) is 7.71. The minimum Gasteiger partial charge on any atom is -0.353 e. The Balaban J connectivity index is 1.43. The Bertz CT molecular complexity index is 1140. The number of nitrogens with zero attached hydrogens (tertiary/aromatic N) is 4. The summed E-state index contributed by atoms with van der Waals surface area (Å²) in [5.41, 5.74) is 1.72. The second kappa shape index (κ2) is 10.9. The van der Waals surface area contributed by atoms with Gasteiger partial charge in [0.15, 0.2) is 0 Å². The van der Waals surface area contributed by atoms with Crippen LogP contribution in [0.3, 0.4) is 0 Å². The Hall–Kier alpha value is -2.79. The molecule has 11 heteroatoms. The third-order valence-corrected chi connectivity index (χ3v) is 5.72. The number of carbonyl (C=O) groups is 1. The molecule has 172 valence electrons. The van der Waals surface area contributed by atoms with Crippen LogP contribution in [0.15, 0.2) is 47.6 Å². The van der Waals surface area contributed by atoms with Crippen LogP contribution < -0.4 is 16.0 Å². The third-order valence-electron chi connectivity index (χ3n) is 5.15. The fourth-order valence-corrected chi connectivity index (χ4v) is 3.77. The number of hydrogen-bond donors (Lipinski definition) is 4. The molecule has 8 nitrogen and oxygen atoms in total. The number of pyridine rings is 1. The van der Waals surface area contributed by atoms with E-state index in [0.29, 0.717) is 45.9 Å². The zero-order valence-electron chi connectivity index (χ0n) is 17.7. The highest BCUT2D eigenvalue weighted by Crippen LogP contribution is 2.29. The first-order chi connectivity index (χ1) is 16.0. The lowest BCUT2D eigenvalue weighted by Crippen LogP contribution is -2.44. The molecule has 2 aromatic heterocycles. The number of thiol groups is 1. The van der Waals surface area contributed by atoms with Crippen LogP contribution in [0.5, 0.6) is 0 Å². The minimum absolute atomic E-state index is 0.0997. The molecule has 3 N–H and O–H groups in total. The van der Waals surface area contributed by atoms with Gasteiger partial charge in [0.25, 0.3) is 0 Å². The van der Waals surface area contributed by atoms with Gasteiger partial charge in [-0.3, -0.25) is 4.79 Å². The maximum absolute atomic E-state index is 14.3. The van der Waals surface area contributed by atoms with E-state index >= 15 is 0 Å². The summed E-state index contributed by atoms with van der Waals surface area (Å²) in [5, 5.41) is 18.1. The second-order valence-corrected chi connectivity index (χ2v) is 8.40. The lowest BCUT2D eigenvalue weighted by Gasteiger charge is -2.26. The van der Waals surface area contributed by atoms with Crippen molar-refractivity contribution >= 4 is 47.3 Å². The molecule has 1 aliphatic rings. The van der Waals surface area contributed by atoms with Crippen molar-refractivity contribution in [1.82, 2.24) is 25.4 Å². The van der Waals surface area contributed by atoms with Gasteiger partial charge in [-0.05, 0) is 30.3 Å². The van der Waals surface area contributed by atoms with Crippen molar-refractivity contribution in [3.8, 4) is 11.3 Å². The van der Waals surface area contributed by atoms with E-state index < -0.39 is 5.82 Å². The van der Waals surface area contributed by atoms with E-state index in [-0.39, 0.29) is 11.5 Å². The molecule has 1 aromatic carbocycles. The van der Waals surface area contributed by atoms with E-state index in [1.165, 1.54) is 18.2 Å². The monoisotopic (exact) mass is 487 g/mol. The maximum atomic E-state index is 14.3. The molecule has 0 bridgehead atoms. The fourth-order valence-electron chi connectivity index (χ4n) is 3.43. The van der Waals surface area contributed by atoms with Gasteiger partial charge in [0, 0.05) is 67.7 Å². The quantitative estimate of drug-likeness (QED) is 0.378. The molecule has 33 heavy (non-hydrogen) atoms. The molecule has 1 saturated heterocycles. The van der Waals surface area contributed by atoms with Gasteiger partial charge in [-0.15, -0.1) is 22.8 Å². The van der Waals surface area contributed by atoms with Crippen molar-refractivity contribution in [3.05, 3.63) is 53.4 Å². The Morgan fingerprint density at radius 1 is 1.18 bits per heavy atom. The lowest BCUT2D eigenvalue weighted by atomic mass is 10.1. The number of benzene rings is 1. The number of piperazine rings is 1. The van der Waals surface area contributed by atoms with Crippen LogP contribution >= 0.6 is 24.2 Å². The average molecular weight is 488 g/mol. The molecule has 0 aliphatic carbocycles. The molecule has 1 amide bonds. The van der Waals surface area contributed by atoms with Crippen molar-refractivity contribution in [3.63, 3.8) is 0 Å². The molecule has 0 unspecified atom stereocenters. The highest BCUT2D eigenvalue weighted by molar-refractivity contribution is 7.80. The largest absolute Gasteiger partial charge is 0.353 e. The van der Waals surface area contributed by atoms with Gasteiger partial charge >= 0.3 is 0 Å². The van der Waals surface area contributed by atoms with Crippen molar-refractivity contribution in [2.75, 3.05) is 43.4 Å². The highest BCUT2D eigenvalue weighted by atomic mass is 35.5. The van der Waals surface area contributed by atoms with Crippen molar-refractivity contribution in [1.29, 1.82) is 0 Å². The first kappa shape index (κ1) is 23.4. The first-order valence-corrected chi connectivity index (χ1v) is 11.3. The number of hydrogen-bond acceptors (Lipinski definition) is 8.